The summed E-state index contributed by atoms with van der Waals surface area (Å²) < 4.78 is 0. The molecular formula is C9H13NOS. The number of hydrogen-bond donors (Lipinski definition) is 1. The van der Waals surface area contributed by atoms with Gasteiger partial charge in [0.15, 0.2) is 0 Å². The lowest BCUT2D eigenvalue weighted by atomic mass is 10.1. The van der Waals surface area contributed by atoms with Gasteiger partial charge in [0.2, 0.25) is 5.91 Å². The Bertz CT molecular complexity index is 191. The second-order valence-corrected chi connectivity index (χ2v) is 3.96. The SMILES string of the molecule is C#CCCNC(=O)C1CCSC1. The Hall–Kier alpha value is -0.620. The second-order valence-electron chi connectivity index (χ2n) is 2.81. The number of thioether (sulfide) groups is 1. The molecule has 0 aromatic heterocycles. The molecule has 1 N–H and O–H groups in total. The molecule has 0 radical (unpaired) electrons. The number of terminal acetylenes is 1. The van der Waals surface area contributed by atoms with E-state index in [9.17, 15) is 4.79 Å². The van der Waals surface area contributed by atoms with Crippen molar-refractivity contribution in [1.82, 2.24) is 5.32 Å². The molecule has 0 aromatic rings. The number of hydrogen-bond acceptors (Lipinski definition) is 2. The quantitative estimate of drug-likeness (QED) is 0.520. The predicted molar refractivity (Wildman–Crippen MR) is 51.9 cm³/mol. The Morgan fingerprint density at radius 1 is 1.75 bits per heavy atom. The largest absolute Gasteiger partial charge is 0.355 e. The minimum absolute atomic E-state index is 0.176. The van der Waals surface area contributed by atoms with Crippen LogP contribution in [0.5, 0.6) is 0 Å². The average Bonchev–Trinajstić information content (AvgIpc) is 2.56. The molecule has 2 nitrogen and oxygen atoms in total. The van der Waals surface area contributed by atoms with E-state index in [2.05, 4.69) is 11.2 Å². The van der Waals surface area contributed by atoms with Gasteiger partial charge >= 0.3 is 0 Å². The Morgan fingerprint density at radius 2 is 2.58 bits per heavy atom. The zero-order valence-electron chi connectivity index (χ0n) is 7.01. The molecule has 1 heterocycles. The van der Waals surface area contributed by atoms with Crippen molar-refractivity contribution in [2.75, 3.05) is 18.1 Å². The first-order valence-electron chi connectivity index (χ1n) is 4.13. The molecule has 1 aliphatic rings. The van der Waals surface area contributed by atoms with Gasteiger partial charge in [-0.3, -0.25) is 4.79 Å². The summed E-state index contributed by atoms with van der Waals surface area (Å²) in [4.78, 5) is 11.3. The fourth-order valence-electron chi connectivity index (χ4n) is 1.14. The molecule has 1 atom stereocenters. The van der Waals surface area contributed by atoms with Gasteiger partial charge in [-0.25, -0.2) is 0 Å². The summed E-state index contributed by atoms with van der Waals surface area (Å²) in [7, 11) is 0. The maximum atomic E-state index is 11.3. The standard InChI is InChI=1S/C9H13NOS/c1-2-3-5-10-9(11)8-4-6-12-7-8/h1,8H,3-7H2,(H,10,11). The number of amides is 1. The van der Waals surface area contributed by atoms with Crippen LogP contribution in [0.15, 0.2) is 0 Å². The monoisotopic (exact) mass is 183 g/mol. The molecule has 1 aliphatic heterocycles. The van der Waals surface area contributed by atoms with Crippen LogP contribution < -0.4 is 5.32 Å². The predicted octanol–water partition coefficient (Wildman–Crippen LogP) is 0.879. The highest BCUT2D eigenvalue weighted by atomic mass is 32.2. The molecule has 0 aliphatic carbocycles. The van der Waals surface area contributed by atoms with Crippen LogP contribution in [0.1, 0.15) is 12.8 Å². The normalized spacial score (nSPS) is 21.8. The summed E-state index contributed by atoms with van der Waals surface area (Å²) in [6.45, 7) is 0.622. The van der Waals surface area contributed by atoms with Gasteiger partial charge in [-0.1, -0.05) is 0 Å². The van der Waals surface area contributed by atoms with Crippen molar-refractivity contribution in [3.63, 3.8) is 0 Å². The van der Waals surface area contributed by atoms with Crippen molar-refractivity contribution in [3.8, 4) is 12.3 Å². The molecule has 3 heteroatoms. The highest BCUT2D eigenvalue weighted by molar-refractivity contribution is 7.99. The van der Waals surface area contributed by atoms with Gasteiger partial charge in [-0.05, 0) is 12.2 Å². The van der Waals surface area contributed by atoms with E-state index in [1.54, 1.807) is 0 Å². The van der Waals surface area contributed by atoms with Crippen LogP contribution in [0.2, 0.25) is 0 Å². The smallest absolute Gasteiger partial charge is 0.224 e. The van der Waals surface area contributed by atoms with Gasteiger partial charge in [0.05, 0.1) is 0 Å². The van der Waals surface area contributed by atoms with Gasteiger partial charge in [0, 0.05) is 24.6 Å². The van der Waals surface area contributed by atoms with Crippen LogP contribution in [0.3, 0.4) is 0 Å². The van der Waals surface area contributed by atoms with Crippen LogP contribution >= 0.6 is 11.8 Å². The van der Waals surface area contributed by atoms with E-state index in [-0.39, 0.29) is 11.8 Å². The van der Waals surface area contributed by atoms with Crippen molar-refractivity contribution in [2.24, 2.45) is 5.92 Å². The Kier molecular flexibility index (Phi) is 4.02. The average molecular weight is 183 g/mol. The fourth-order valence-corrected chi connectivity index (χ4v) is 2.36. The van der Waals surface area contributed by atoms with E-state index >= 15 is 0 Å². The van der Waals surface area contributed by atoms with E-state index in [1.807, 2.05) is 11.8 Å². The first-order valence-corrected chi connectivity index (χ1v) is 5.29. The van der Waals surface area contributed by atoms with Crippen molar-refractivity contribution >= 4 is 17.7 Å². The molecule has 1 rings (SSSR count). The summed E-state index contributed by atoms with van der Waals surface area (Å²) in [5.74, 6) is 4.99. The molecule has 0 saturated carbocycles. The van der Waals surface area contributed by atoms with Crippen molar-refractivity contribution in [3.05, 3.63) is 0 Å². The topological polar surface area (TPSA) is 29.1 Å². The zero-order valence-corrected chi connectivity index (χ0v) is 7.82. The van der Waals surface area contributed by atoms with E-state index in [0.29, 0.717) is 13.0 Å². The Balaban J connectivity index is 2.15. The lowest BCUT2D eigenvalue weighted by molar-refractivity contribution is -0.124. The second kappa shape index (κ2) is 5.10. The van der Waals surface area contributed by atoms with Crippen molar-refractivity contribution in [2.45, 2.75) is 12.8 Å². The molecular weight excluding hydrogens is 170 g/mol. The molecule has 0 spiro atoms. The van der Waals surface area contributed by atoms with Crippen molar-refractivity contribution < 1.29 is 4.79 Å². The summed E-state index contributed by atoms with van der Waals surface area (Å²) in [5, 5.41) is 2.83. The van der Waals surface area contributed by atoms with E-state index in [4.69, 9.17) is 6.42 Å². The zero-order chi connectivity index (χ0) is 8.81. The minimum Gasteiger partial charge on any atom is -0.355 e. The number of carbonyl (C=O) groups excluding carboxylic acids is 1. The maximum Gasteiger partial charge on any atom is 0.224 e. The molecule has 1 amide bonds. The first-order chi connectivity index (χ1) is 5.84. The third kappa shape index (κ3) is 2.78. The van der Waals surface area contributed by atoms with Gasteiger partial charge in [-0.2, -0.15) is 11.8 Å². The summed E-state index contributed by atoms with van der Waals surface area (Å²) in [6, 6.07) is 0. The maximum absolute atomic E-state index is 11.3. The lowest BCUT2D eigenvalue weighted by Crippen LogP contribution is -2.31. The third-order valence-corrected chi connectivity index (χ3v) is 3.03. The molecule has 1 saturated heterocycles. The molecule has 0 bridgehead atoms. The van der Waals surface area contributed by atoms with Crippen molar-refractivity contribution in [1.29, 1.82) is 0 Å². The summed E-state index contributed by atoms with van der Waals surface area (Å²) >= 11 is 1.85. The minimum atomic E-state index is 0.176. The van der Waals surface area contributed by atoms with Crippen LogP contribution in [0.4, 0.5) is 0 Å². The number of carbonyl (C=O) groups is 1. The molecule has 12 heavy (non-hydrogen) atoms. The number of nitrogens with one attached hydrogen (secondary N) is 1. The van der Waals surface area contributed by atoms with Crippen LogP contribution in [-0.4, -0.2) is 24.0 Å². The molecule has 66 valence electrons. The third-order valence-electron chi connectivity index (χ3n) is 1.87. The summed E-state index contributed by atoms with van der Waals surface area (Å²) in [6.07, 6.45) is 6.71. The first kappa shape index (κ1) is 9.47. The Labute approximate surface area is 77.5 Å². The number of rotatable bonds is 3. The molecule has 0 aromatic carbocycles. The van der Waals surface area contributed by atoms with Crippen LogP contribution in [0, 0.1) is 18.3 Å². The van der Waals surface area contributed by atoms with Crippen LogP contribution in [-0.2, 0) is 4.79 Å². The Morgan fingerprint density at radius 3 is 3.17 bits per heavy atom. The van der Waals surface area contributed by atoms with Gasteiger partial charge in [0.25, 0.3) is 0 Å². The molecule has 1 unspecified atom stereocenters. The fraction of sp³-hybridized carbons (Fsp3) is 0.667. The summed E-state index contributed by atoms with van der Waals surface area (Å²) in [5.41, 5.74) is 0. The van der Waals surface area contributed by atoms with Gasteiger partial charge in [-0.15, -0.1) is 12.3 Å². The van der Waals surface area contributed by atoms with Gasteiger partial charge < -0.3 is 5.32 Å². The van der Waals surface area contributed by atoms with E-state index in [1.165, 1.54) is 0 Å². The highest BCUT2D eigenvalue weighted by Gasteiger charge is 2.22. The van der Waals surface area contributed by atoms with E-state index < -0.39 is 0 Å². The highest BCUT2D eigenvalue weighted by Crippen LogP contribution is 2.23. The van der Waals surface area contributed by atoms with Crippen LogP contribution in [0.25, 0.3) is 0 Å². The van der Waals surface area contributed by atoms with Gasteiger partial charge in [0.1, 0.15) is 0 Å². The molecule has 1 fully saturated rings. The lowest BCUT2D eigenvalue weighted by Gasteiger charge is -2.07. The van der Waals surface area contributed by atoms with E-state index in [0.717, 1.165) is 17.9 Å².